The van der Waals surface area contributed by atoms with Gasteiger partial charge >= 0.3 is 0 Å². The van der Waals surface area contributed by atoms with E-state index in [0.717, 1.165) is 13.6 Å². The Bertz CT molecular complexity index is 780. The molecule has 3 aromatic carbocycles. The molecular formula is C18H14BrIO. The number of halogens is 2. The molecule has 3 rings (SSSR count). The number of rotatable bonds is 3. The predicted octanol–water partition coefficient (Wildman–Crippen LogP) is 5.48. The van der Waals surface area contributed by atoms with Gasteiger partial charge in [-0.1, -0.05) is 58.4 Å². The highest BCUT2D eigenvalue weighted by atomic mass is 127. The van der Waals surface area contributed by atoms with E-state index >= 15 is 0 Å². The van der Waals surface area contributed by atoms with Crippen LogP contribution in [-0.4, -0.2) is 5.11 Å². The quantitative estimate of drug-likeness (QED) is 0.521. The zero-order valence-corrected chi connectivity index (χ0v) is 15.0. The largest absolute Gasteiger partial charge is 0.388 e. The molecule has 21 heavy (non-hydrogen) atoms. The molecule has 0 saturated heterocycles. The Morgan fingerprint density at radius 3 is 2.62 bits per heavy atom. The Hall–Kier alpha value is -0.910. The zero-order valence-electron chi connectivity index (χ0n) is 11.3. The molecule has 0 heterocycles. The van der Waals surface area contributed by atoms with Crippen LogP contribution in [0.4, 0.5) is 0 Å². The Morgan fingerprint density at radius 2 is 1.76 bits per heavy atom. The van der Waals surface area contributed by atoms with Gasteiger partial charge in [0.1, 0.15) is 0 Å². The van der Waals surface area contributed by atoms with E-state index in [1.54, 1.807) is 0 Å². The minimum absolute atomic E-state index is 0.500. The Balaban J connectivity index is 1.96. The molecule has 3 heteroatoms. The van der Waals surface area contributed by atoms with E-state index in [2.05, 4.69) is 68.9 Å². The van der Waals surface area contributed by atoms with Crippen LogP contribution in [0.5, 0.6) is 0 Å². The highest BCUT2D eigenvalue weighted by Gasteiger charge is 2.14. The SMILES string of the molecule is OC(Cc1cccc2ccccc12)c1cc(Br)ccc1I. The summed E-state index contributed by atoms with van der Waals surface area (Å²) < 4.78 is 2.08. The summed E-state index contributed by atoms with van der Waals surface area (Å²) in [5, 5.41) is 13.0. The summed E-state index contributed by atoms with van der Waals surface area (Å²) in [6.45, 7) is 0. The van der Waals surface area contributed by atoms with Crippen LogP contribution in [0.25, 0.3) is 10.8 Å². The van der Waals surface area contributed by atoms with Crippen molar-refractivity contribution in [3.8, 4) is 0 Å². The van der Waals surface area contributed by atoms with E-state index in [4.69, 9.17) is 0 Å². The summed E-state index contributed by atoms with van der Waals surface area (Å²) in [6.07, 6.45) is 0.119. The van der Waals surface area contributed by atoms with Gasteiger partial charge in [-0.05, 0) is 62.7 Å². The number of hydrogen-bond donors (Lipinski definition) is 1. The van der Waals surface area contributed by atoms with Crippen LogP contribution in [0.1, 0.15) is 17.2 Å². The summed E-state index contributed by atoms with van der Waals surface area (Å²) in [5.74, 6) is 0. The van der Waals surface area contributed by atoms with Crippen molar-refractivity contribution in [2.75, 3.05) is 0 Å². The minimum atomic E-state index is -0.500. The van der Waals surface area contributed by atoms with Crippen molar-refractivity contribution in [1.29, 1.82) is 0 Å². The molecule has 0 amide bonds. The molecule has 106 valence electrons. The van der Waals surface area contributed by atoms with Gasteiger partial charge in [-0.25, -0.2) is 0 Å². The fraction of sp³-hybridized carbons (Fsp3) is 0.111. The molecule has 0 radical (unpaired) electrons. The summed E-state index contributed by atoms with van der Waals surface area (Å²) in [7, 11) is 0. The summed E-state index contributed by atoms with van der Waals surface area (Å²) in [4.78, 5) is 0. The van der Waals surface area contributed by atoms with Crippen molar-refractivity contribution in [2.24, 2.45) is 0 Å². The van der Waals surface area contributed by atoms with E-state index in [1.807, 2.05) is 30.3 Å². The van der Waals surface area contributed by atoms with Gasteiger partial charge in [-0.3, -0.25) is 0 Å². The molecule has 1 nitrogen and oxygen atoms in total. The third-order valence-corrected chi connectivity index (χ3v) is 5.09. The summed E-state index contributed by atoms with van der Waals surface area (Å²) in [6, 6.07) is 20.6. The van der Waals surface area contributed by atoms with Gasteiger partial charge in [0.2, 0.25) is 0 Å². The van der Waals surface area contributed by atoms with E-state index < -0.39 is 6.10 Å². The first-order chi connectivity index (χ1) is 10.1. The zero-order chi connectivity index (χ0) is 14.8. The third-order valence-electron chi connectivity index (χ3n) is 3.61. The van der Waals surface area contributed by atoms with Gasteiger partial charge in [-0.15, -0.1) is 0 Å². The van der Waals surface area contributed by atoms with E-state index in [9.17, 15) is 5.11 Å². The highest BCUT2D eigenvalue weighted by molar-refractivity contribution is 14.1. The van der Waals surface area contributed by atoms with E-state index in [1.165, 1.54) is 16.3 Å². The van der Waals surface area contributed by atoms with Crippen LogP contribution in [0.3, 0.4) is 0 Å². The van der Waals surface area contributed by atoms with Crippen molar-refractivity contribution in [1.82, 2.24) is 0 Å². The smallest absolute Gasteiger partial charge is 0.0841 e. The van der Waals surface area contributed by atoms with Crippen LogP contribution >= 0.6 is 38.5 Å². The number of aliphatic hydroxyl groups excluding tert-OH is 1. The fourth-order valence-corrected chi connectivity index (χ4v) is 3.63. The molecule has 0 spiro atoms. The van der Waals surface area contributed by atoms with Gasteiger partial charge in [-0.2, -0.15) is 0 Å². The summed E-state index contributed by atoms with van der Waals surface area (Å²) >= 11 is 5.75. The van der Waals surface area contributed by atoms with Crippen LogP contribution in [0, 0.1) is 3.57 Å². The molecule has 1 N–H and O–H groups in total. The maximum atomic E-state index is 10.6. The fourth-order valence-electron chi connectivity index (χ4n) is 2.56. The molecule has 0 aliphatic carbocycles. The Morgan fingerprint density at radius 1 is 1.00 bits per heavy atom. The van der Waals surface area contributed by atoms with Gasteiger partial charge in [0.05, 0.1) is 6.10 Å². The standard InChI is InChI=1S/C18H14BrIO/c19-14-8-9-17(20)16(11-14)18(21)10-13-6-3-5-12-4-1-2-7-15(12)13/h1-9,11,18,21H,10H2. The normalized spacial score (nSPS) is 12.5. The van der Waals surface area contributed by atoms with Crippen molar-refractivity contribution in [3.63, 3.8) is 0 Å². The van der Waals surface area contributed by atoms with Crippen molar-refractivity contribution >= 4 is 49.3 Å². The third kappa shape index (κ3) is 3.30. The lowest BCUT2D eigenvalue weighted by atomic mass is 9.97. The van der Waals surface area contributed by atoms with Crippen LogP contribution in [0.2, 0.25) is 0 Å². The first-order valence-electron chi connectivity index (χ1n) is 6.75. The molecule has 3 aromatic rings. The van der Waals surface area contributed by atoms with Crippen LogP contribution < -0.4 is 0 Å². The number of fused-ring (bicyclic) bond motifs is 1. The van der Waals surface area contributed by atoms with Crippen LogP contribution in [0.15, 0.2) is 65.1 Å². The molecular weight excluding hydrogens is 439 g/mol. The maximum Gasteiger partial charge on any atom is 0.0841 e. The average molecular weight is 453 g/mol. The topological polar surface area (TPSA) is 20.2 Å². The molecule has 0 aromatic heterocycles. The second kappa shape index (κ2) is 6.46. The van der Waals surface area contributed by atoms with Crippen molar-refractivity contribution in [2.45, 2.75) is 12.5 Å². The predicted molar refractivity (Wildman–Crippen MR) is 99.5 cm³/mol. The lowest BCUT2D eigenvalue weighted by molar-refractivity contribution is 0.178. The van der Waals surface area contributed by atoms with Gasteiger partial charge in [0, 0.05) is 14.5 Å². The lowest BCUT2D eigenvalue weighted by Crippen LogP contribution is -2.04. The Kier molecular flexibility index (Phi) is 4.62. The second-order valence-electron chi connectivity index (χ2n) is 5.02. The molecule has 0 bridgehead atoms. The van der Waals surface area contributed by atoms with Crippen molar-refractivity contribution < 1.29 is 5.11 Å². The highest BCUT2D eigenvalue weighted by Crippen LogP contribution is 2.29. The Labute approximate surface area is 146 Å². The monoisotopic (exact) mass is 452 g/mol. The second-order valence-corrected chi connectivity index (χ2v) is 7.10. The van der Waals surface area contributed by atoms with Gasteiger partial charge in [0.15, 0.2) is 0 Å². The van der Waals surface area contributed by atoms with Gasteiger partial charge < -0.3 is 5.11 Å². The lowest BCUT2D eigenvalue weighted by Gasteiger charge is -2.15. The number of hydrogen-bond acceptors (Lipinski definition) is 1. The molecule has 1 unspecified atom stereocenters. The first-order valence-corrected chi connectivity index (χ1v) is 8.62. The molecule has 0 saturated carbocycles. The van der Waals surface area contributed by atoms with E-state index in [-0.39, 0.29) is 0 Å². The molecule has 0 aliphatic heterocycles. The first kappa shape index (κ1) is 15.0. The molecule has 0 aliphatic rings. The average Bonchev–Trinajstić information content (AvgIpc) is 2.50. The number of benzene rings is 3. The van der Waals surface area contributed by atoms with Crippen molar-refractivity contribution in [3.05, 3.63) is 79.8 Å². The molecule has 1 atom stereocenters. The van der Waals surface area contributed by atoms with E-state index in [0.29, 0.717) is 6.42 Å². The van der Waals surface area contributed by atoms with Crippen LogP contribution in [-0.2, 0) is 6.42 Å². The maximum absolute atomic E-state index is 10.6. The summed E-state index contributed by atoms with van der Waals surface area (Å²) in [5.41, 5.74) is 2.15. The van der Waals surface area contributed by atoms with Gasteiger partial charge in [0.25, 0.3) is 0 Å². The molecule has 0 fully saturated rings. The minimum Gasteiger partial charge on any atom is -0.388 e. The number of aliphatic hydroxyl groups is 1.